The van der Waals surface area contributed by atoms with E-state index in [1.54, 1.807) is 0 Å². The molecular formula is C12H26O3. The van der Waals surface area contributed by atoms with E-state index in [-0.39, 0.29) is 6.61 Å². The van der Waals surface area contributed by atoms with Gasteiger partial charge in [-0.05, 0) is 18.3 Å². The number of hydrogen-bond donors (Lipinski definition) is 1. The monoisotopic (exact) mass is 218 g/mol. The SMILES string of the molecule is CC(C)(C)CCCCOCCOCCO. The van der Waals surface area contributed by atoms with Crippen LogP contribution < -0.4 is 0 Å². The van der Waals surface area contributed by atoms with Crippen LogP contribution in [0.5, 0.6) is 0 Å². The van der Waals surface area contributed by atoms with Gasteiger partial charge in [0.2, 0.25) is 0 Å². The Morgan fingerprint density at radius 3 is 2.00 bits per heavy atom. The maximum absolute atomic E-state index is 8.45. The molecule has 0 aliphatic heterocycles. The van der Waals surface area contributed by atoms with Gasteiger partial charge >= 0.3 is 0 Å². The molecule has 92 valence electrons. The van der Waals surface area contributed by atoms with Crippen LogP contribution in [0.2, 0.25) is 0 Å². The predicted octanol–water partition coefficient (Wildman–Crippen LogP) is 2.23. The number of ether oxygens (including phenoxy) is 2. The van der Waals surface area contributed by atoms with E-state index in [0.717, 1.165) is 13.0 Å². The Balaban J connectivity index is 2.99. The summed E-state index contributed by atoms with van der Waals surface area (Å²) in [5.41, 5.74) is 0.435. The zero-order chi connectivity index (χ0) is 11.6. The van der Waals surface area contributed by atoms with E-state index in [9.17, 15) is 0 Å². The number of hydrogen-bond acceptors (Lipinski definition) is 3. The number of aliphatic hydroxyl groups is 1. The summed E-state index contributed by atoms with van der Waals surface area (Å²) in [6.45, 7) is 9.32. The van der Waals surface area contributed by atoms with Crippen LogP contribution >= 0.6 is 0 Å². The second-order valence-corrected chi connectivity index (χ2v) is 4.97. The second kappa shape index (κ2) is 9.13. The van der Waals surface area contributed by atoms with Gasteiger partial charge in [-0.25, -0.2) is 0 Å². The molecule has 0 bridgehead atoms. The maximum Gasteiger partial charge on any atom is 0.0701 e. The van der Waals surface area contributed by atoms with Crippen molar-refractivity contribution in [1.82, 2.24) is 0 Å². The highest BCUT2D eigenvalue weighted by Crippen LogP contribution is 2.21. The van der Waals surface area contributed by atoms with Gasteiger partial charge in [-0.1, -0.05) is 27.2 Å². The molecule has 0 rings (SSSR count). The maximum atomic E-state index is 8.45. The summed E-state index contributed by atoms with van der Waals surface area (Å²) in [5, 5.41) is 8.45. The molecular weight excluding hydrogens is 192 g/mol. The fourth-order valence-electron chi connectivity index (χ4n) is 1.25. The van der Waals surface area contributed by atoms with Crippen molar-refractivity contribution in [2.45, 2.75) is 40.0 Å². The van der Waals surface area contributed by atoms with Crippen LogP contribution in [-0.4, -0.2) is 38.1 Å². The lowest BCUT2D eigenvalue weighted by molar-refractivity contribution is 0.0317. The van der Waals surface area contributed by atoms with Gasteiger partial charge in [0.15, 0.2) is 0 Å². The molecule has 0 atom stereocenters. The first-order chi connectivity index (χ1) is 7.06. The van der Waals surface area contributed by atoms with E-state index in [1.165, 1.54) is 12.8 Å². The van der Waals surface area contributed by atoms with Gasteiger partial charge in [-0.3, -0.25) is 0 Å². The quantitative estimate of drug-likeness (QED) is 0.603. The van der Waals surface area contributed by atoms with E-state index in [0.29, 0.717) is 25.2 Å². The minimum Gasteiger partial charge on any atom is -0.394 e. The van der Waals surface area contributed by atoms with Crippen LogP contribution in [0.15, 0.2) is 0 Å². The van der Waals surface area contributed by atoms with E-state index < -0.39 is 0 Å². The average Bonchev–Trinajstić information content (AvgIpc) is 2.14. The number of unbranched alkanes of at least 4 members (excludes halogenated alkanes) is 1. The summed E-state index contributed by atoms with van der Waals surface area (Å²) >= 11 is 0. The smallest absolute Gasteiger partial charge is 0.0701 e. The number of rotatable bonds is 9. The molecule has 0 saturated heterocycles. The molecule has 3 nitrogen and oxygen atoms in total. The van der Waals surface area contributed by atoms with Crippen molar-refractivity contribution >= 4 is 0 Å². The highest BCUT2D eigenvalue weighted by molar-refractivity contribution is 4.60. The van der Waals surface area contributed by atoms with E-state index in [1.807, 2.05) is 0 Å². The average molecular weight is 218 g/mol. The Morgan fingerprint density at radius 2 is 1.47 bits per heavy atom. The first kappa shape index (κ1) is 14.9. The van der Waals surface area contributed by atoms with Crippen molar-refractivity contribution < 1.29 is 14.6 Å². The zero-order valence-electron chi connectivity index (χ0n) is 10.4. The standard InChI is InChI=1S/C12H26O3/c1-12(2,3)6-4-5-8-14-10-11-15-9-7-13/h13H,4-11H2,1-3H3. The van der Waals surface area contributed by atoms with Crippen molar-refractivity contribution in [3.8, 4) is 0 Å². The Morgan fingerprint density at radius 1 is 0.867 bits per heavy atom. The first-order valence-corrected chi connectivity index (χ1v) is 5.82. The van der Waals surface area contributed by atoms with E-state index in [4.69, 9.17) is 14.6 Å². The molecule has 0 aliphatic carbocycles. The van der Waals surface area contributed by atoms with E-state index in [2.05, 4.69) is 20.8 Å². The van der Waals surface area contributed by atoms with Crippen molar-refractivity contribution in [2.75, 3.05) is 33.0 Å². The van der Waals surface area contributed by atoms with Crippen LogP contribution in [0.4, 0.5) is 0 Å². The Hall–Kier alpha value is -0.120. The largest absolute Gasteiger partial charge is 0.394 e. The normalized spacial score (nSPS) is 12.0. The molecule has 1 N–H and O–H groups in total. The lowest BCUT2D eigenvalue weighted by atomic mass is 9.90. The van der Waals surface area contributed by atoms with Crippen LogP contribution in [0.3, 0.4) is 0 Å². The summed E-state index contributed by atoms with van der Waals surface area (Å²) in [7, 11) is 0. The molecule has 3 heteroatoms. The molecule has 15 heavy (non-hydrogen) atoms. The molecule has 0 aromatic carbocycles. The predicted molar refractivity (Wildman–Crippen MR) is 62.0 cm³/mol. The van der Waals surface area contributed by atoms with E-state index >= 15 is 0 Å². The molecule has 0 aromatic heterocycles. The molecule has 0 aromatic rings. The Bertz CT molecular complexity index is 129. The van der Waals surface area contributed by atoms with Gasteiger partial charge in [0.25, 0.3) is 0 Å². The van der Waals surface area contributed by atoms with Crippen LogP contribution in [0, 0.1) is 5.41 Å². The first-order valence-electron chi connectivity index (χ1n) is 5.82. The topological polar surface area (TPSA) is 38.7 Å². The fraction of sp³-hybridized carbons (Fsp3) is 1.00. The van der Waals surface area contributed by atoms with Crippen molar-refractivity contribution in [2.24, 2.45) is 5.41 Å². The highest BCUT2D eigenvalue weighted by atomic mass is 16.5. The highest BCUT2D eigenvalue weighted by Gasteiger charge is 2.08. The molecule has 0 heterocycles. The van der Waals surface area contributed by atoms with Gasteiger partial charge in [-0.2, -0.15) is 0 Å². The lowest BCUT2D eigenvalue weighted by Crippen LogP contribution is -2.09. The van der Waals surface area contributed by atoms with Crippen LogP contribution in [0.1, 0.15) is 40.0 Å². The van der Waals surface area contributed by atoms with Crippen molar-refractivity contribution in [1.29, 1.82) is 0 Å². The third-order valence-electron chi connectivity index (χ3n) is 2.07. The van der Waals surface area contributed by atoms with Gasteiger partial charge in [0, 0.05) is 6.61 Å². The molecule has 0 aliphatic rings. The van der Waals surface area contributed by atoms with Gasteiger partial charge in [0.1, 0.15) is 0 Å². The van der Waals surface area contributed by atoms with Gasteiger partial charge in [-0.15, -0.1) is 0 Å². The zero-order valence-corrected chi connectivity index (χ0v) is 10.4. The molecule has 0 spiro atoms. The molecule has 0 radical (unpaired) electrons. The minimum absolute atomic E-state index is 0.0889. The van der Waals surface area contributed by atoms with Gasteiger partial charge in [0.05, 0.1) is 26.4 Å². The Kier molecular flexibility index (Phi) is 9.06. The van der Waals surface area contributed by atoms with Crippen molar-refractivity contribution in [3.05, 3.63) is 0 Å². The fourth-order valence-corrected chi connectivity index (χ4v) is 1.25. The minimum atomic E-state index is 0.0889. The molecule has 0 unspecified atom stereocenters. The van der Waals surface area contributed by atoms with Gasteiger partial charge < -0.3 is 14.6 Å². The van der Waals surface area contributed by atoms with Crippen LogP contribution in [-0.2, 0) is 9.47 Å². The third kappa shape index (κ3) is 13.9. The summed E-state index contributed by atoms with van der Waals surface area (Å²) in [4.78, 5) is 0. The second-order valence-electron chi connectivity index (χ2n) is 4.97. The van der Waals surface area contributed by atoms with Crippen molar-refractivity contribution in [3.63, 3.8) is 0 Å². The summed E-state index contributed by atoms with van der Waals surface area (Å²) in [5.74, 6) is 0. The number of aliphatic hydroxyl groups excluding tert-OH is 1. The molecule has 0 saturated carbocycles. The summed E-state index contributed by atoms with van der Waals surface area (Å²) < 4.78 is 10.5. The molecule has 0 fully saturated rings. The third-order valence-corrected chi connectivity index (χ3v) is 2.07. The summed E-state index contributed by atoms with van der Waals surface area (Å²) in [6.07, 6.45) is 3.59. The summed E-state index contributed by atoms with van der Waals surface area (Å²) in [6, 6.07) is 0. The Labute approximate surface area is 93.8 Å². The van der Waals surface area contributed by atoms with Crippen LogP contribution in [0.25, 0.3) is 0 Å². The molecule has 0 amide bonds. The lowest BCUT2D eigenvalue weighted by Gasteiger charge is -2.17.